The van der Waals surface area contributed by atoms with Gasteiger partial charge < -0.3 is 10.2 Å². The second-order valence-corrected chi connectivity index (χ2v) is 5.09. The average molecular weight is 186 g/mol. The van der Waals surface area contributed by atoms with E-state index in [0.717, 1.165) is 13.1 Å². The van der Waals surface area contributed by atoms with Crippen molar-refractivity contribution in [1.29, 1.82) is 0 Å². The number of nitrogens with zero attached hydrogens (tertiary/aromatic N) is 1. The molecule has 2 heteroatoms. The summed E-state index contributed by atoms with van der Waals surface area (Å²) in [7, 11) is 4.26. The minimum atomic E-state index is 0.368. The number of hydrogen-bond acceptors (Lipinski definition) is 2. The van der Waals surface area contributed by atoms with Gasteiger partial charge in [-0.1, -0.05) is 20.8 Å². The van der Waals surface area contributed by atoms with E-state index >= 15 is 0 Å². The minimum Gasteiger partial charge on any atom is -0.314 e. The van der Waals surface area contributed by atoms with E-state index in [1.165, 1.54) is 6.42 Å². The topological polar surface area (TPSA) is 15.3 Å². The molecule has 0 amide bonds. The van der Waals surface area contributed by atoms with Gasteiger partial charge >= 0.3 is 0 Å². The van der Waals surface area contributed by atoms with E-state index in [1.807, 2.05) is 0 Å². The highest BCUT2D eigenvalue weighted by Crippen LogP contribution is 2.14. The first-order chi connectivity index (χ1) is 5.87. The second-order valence-electron chi connectivity index (χ2n) is 5.09. The van der Waals surface area contributed by atoms with E-state index < -0.39 is 0 Å². The molecule has 80 valence electrons. The highest BCUT2D eigenvalue weighted by molar-refractivity contribution is 4.75. The van der Waals surface area contributed by atoms with Crippen LogP contribution in [0.2, 0.25) is 0 Å². The Morgan fingerprint density at radius 3 is 2.23 bits per heavy atom. The van der Waals surface area contributed by atoms with Crippen LogP contribution in [0.25, 0.3) is 0 Å². The van der Waals surface area contributed by atoms with Gasteiger partial charge in [0, 0.05) is 19.1 Å². The zero-order chi connectivity index (χ0) is 10.5. The minimum absolute atomic E-state index is 0.368. The Kier molecular flexibility index (Phi) is 5.57. The molecule has 2 nitrogen and oxygen atoms in total. The molecule has 0 spiro atoms. The average Bonchev–Trinajstić information content (AvgIpc) is 1.98. The molecule has 0 saturated heterocycles. The third-order valence-corrected chi connectivity index (χ3v) is 2.29. The highest BCUT2D eigenvalue weighted by Gasteiger charge is 2.18. The Labute approximate surface area is 83.7 Å². The van der Waals surface area contributed by atoms with E-state index in [0.29, 0.717) is 11.5 Å². The van der Waals surface area contributed by atoms with Gasteiger partial charge in [-0.05, 0) is 32.9 Å². The van der Waals surface area contributed by atoms with E-state index in [4.69, 9.17) is 0 Å². The molecule has 0 bridgehead atoms. The van der Waals surface area contributed by atoms with Gasteiger partial charge in [-0.2, -0.15) is 0 Å². The lowest BCUT2D eigenvalue weighted by Gasteiger charge is -2.29. The van der Waals surface area contributed by atoms with Crippen molar-refractivity contribution in [3.63, 3.8) is 0 Å². The predicted octanol–water partition coefficient (Wildman–Crippen LogP) is 1.96. The molecule has 0 unspecified atom stereocenters. The molecule has 0 heterocycles. The number of rotatable bonds is 6. The first kappa shape index (κ1) is 12.9. The van der Waals surface area contributed by atoms with Crippen LogP contribution in [0.5, 0.6) is 0 Å². The first-order valence-corrected chi connectivity index (χ1v) is 5.25. The molecule has 0 aliphatic heterocycles. The lowest BCUT2D eigenvalue weighted by molar-refractivity contribution is 0.226. The Morgan fingerprint density at radius 1 is 1.31 bits per heavy atom. The summed E-state index contributed by atoms with van der Waals surface area (Å²) in [5, 5.41) is 3.55. The van der Waals surface area contributed by atoms with Crippen molar-refractivity contribution in [1.82, 2.24) is 10.2 Å². The maximum absolute atomic E-state index is 3.55. The maximum Gasteiger partial charge on any atom is 0.00387 e. The molecule has 0 radical (unpaired) electrons. The van der Waals surface area contributed by atoms with Crippen LogP contribution in [0.15, 0.2) is 0 Å². The van der Waals surface area contributed by atoms with Gasteiger partial charge in [-0.15, -0.1) is 0 Å². The molecule has 0 aliphatic carbocycles. The molecule has 0 aromatic heterocycles. The summed E-state index contributed by atoms with van der Waals surface area (Å²) in [6, 6.07) is 0.640. The fourth-order valence-electron chi connectivity index (χ4n) is 1.51. The molecular weight excluding hydrogens is 160 g/mol. The van der Waals surface area contributed by atoms with E-state index in [2.05, 4.69) is 52.0 Å². The van der Waals surface area contributed by atoms with Crippen molar-refractivity contribution in [2.45, 2.75) is 40.2 Å². The van der Waals surface area contributed by atoms with Gasteiger partial charge in [0.15, 0.2) is 0 Å². The zero-order valence-electron chi connectivity index (χ0n) is 10.1. The summed E-state index contributed by atoms with van der Waals surface area (Å²) in [6.45, 7) is 11.3. The summed E-state index contributed by atoms with van der Waals surface area (Å²) >= 11 is 0. The number of nitrogens with one attached hydrogen (secondary N) is 1. The van der Waals surface area contributed by atoms with Gasteiger partial charge in [0.2, 0.25) is 0 Å². The van der Waals surface area contributed by atoms with Gasteiger partial charge in [0.25, 0.3) is 0 Å². The lowest BCUT2D eigenvalue weighted by atomic mass is 9.92. The van der Waals surface area contributed by atoms with Crippen molar-refractivity contribution < 1.29 is 0 Å². The van der Waals surface area contributed by atoms with Crippen LogP contribution >= 0.6 is 0 Å². The van der Waals surface area contributed by atoms with Crippen molar-refractivity contribution in [2.24, 2.45) is 5.41 Å². The Balaban J connectivity index is 3.74. The van der Waals surface area contributed by atoms with Crippen LogP contribution in [-0.2, 0) is 0 Å². The molecule has 0 aliphatic rings. The van der Waals surface area contributed by atoms with Crippen molar-refractivity contribution in [3.05, 3.63) is 0 Å². The second kappa shape index (κ2) is 5.61. The Hall–Kier alpha value is -0.0800. The summed E-state index contributed by atoms with van der Waals surface area (Å²) in [5.74, 6) is 0. The van der Waals surface area contributed by atoms with Crippen molar-refractivity contribution >= 4 is 0 Å². The Bertz CT molecular complexity index is 130. The molecular formula is C11H26N2. The summed E-state index contributed by atoms with van der Waals surface area (Å²) in [6.07, 6.45) is 1.21. The van der Waals surface area contributed by atoms with Crippen molar-refractivity contribution in [2.75, 3.05) is 27.2 Å². The third-order valence-electron chi connectivity index (χ3n) is 2.29. The highest BCUT2D eigenvalue weighted by atomic mass is 15.1. The van der Waals surface area contributed by atoms with Gasteiger partial charge in [-0.25, -0.2) is 0 Å². The SMILES string of the molecule is CC[C@H](C)NCC(C)(C)CN(C)C. The van der Waals surface area contributed by atoms with Crippen LogP contribution in [0.3, 0.4) is 0 Å². The molecule has 0 rings (SSSR count). The van der Waals surface area contributed by atoms with Crippen LogP contribution in [-0.4, -0.2) is 38.1 Å². The zero-order valence-corrected chi connectivity index (χ0v) is 10.1. The molecule has 0 aromatic rings. The van der Waals surface area contributed by atoms with Gasteiger partial charge in [0.05, 0.1) is 0 Å². The van der Waals surface area contributed by atoms with Crippen LogP contribution in [0, 0.1) is 5.41 Å². The monoisotopic (exact) mass is 186 g/mol. The fraction of sp³-hybridized carbons (Fsp3) is 1.00. The van der Waals surface area contributed by atoms with Crippen molar-refractivity contribution in [3.8, 4) is 0 Å². The summed E-state index contributed by atoms with van der Waals surface area (Å²) in [4.78, 5) is 2.25. The summed E-state index contributed by atoms with van der Waals surface area (Å²) in [5.41, 5.74) is 0.368. The van der Waals surface area contributed by atoms with E-state index in [9.17, 15) is 0 Å². The first-order valence-electron chi connectivity index (χ1n) is 5.25. The molecule has 1 N–H and O–H groups in total. The summed E-state index contributed by atoms with van der Waals surface area (Å²) < 4.78 is 0. The normalized spacial score (nSPS) is 15.0. The maximum atomic E-state index is 3.55. The predicted molar refractivity (Wildman–Crippen MR) is 60.1 cm³/mol. The van der Waals surface area contributed by atoms with Crippen LogP contribution in [0.4, 0.5) is 0 Å². The van der Waals surface area contributed by atoms with Crippen LogP contribution < -0.4 is 5.32 Å². The van der Waals surface area contributed by atoms with E-state index in [-0.39, 0.29) is 0 Å². The lowest BCUT2D eigenvalue weighted by Crippen LogP contribution is -2.40. The molecule has 0 aromatic carbocycles. The molecule has 0 fully saturated rings. The fourth-order valence-corrected chi connectivity index (χ4v) is 1.51. The molecule has 13 heavy (non-hydrogen) atoms. The number of hydrogen-bond donors (Lipinski definition) is 1. The van der Waals surface area contributed by atoms with Crippen LogP contribution in [0.1, 0.15) is 34.1 Å². The largest absolute Gasteiger partial charge is 0.314 e. The Morgan fingerprint density at radius 2 is 1.85 bits per heavy atom. The quantitative estimate of drug-likeness (QED) is 0.682. The van der Waals surface area contributed by atoms with Gasteiger partial charge in [0.1, 0.15) is 0 Å². The third kappa shape index (κ3) is 7.03. The van der Waals surface area contributed by atoms with Gasteiger partial charge in [-0.3, -0.25) is 0 Å². The van der Waals surface area contributed by atoms with E-state index in [1.54, 1.807) is 0 Å². The molecule has 0 saturated carbocycles. The standard InChI is InChI=1S/C11H26N2/c1-7-10(2)12-8-11(3,4)9-13(5)6/h10,12H,7-9H2,1-6H3/t10-/m0/s1. The molecule has 1 atom stereocenters. The smallest absolute Gasteiger partial charge is 0.00387 e.